The van der Waals surface area contributed by atoms with Crippen LogP contribution >= 0.6 is 0 Å². The van der Waals surface area contributed by atoms with E-state index >= 15 is 0 Å². The van der Waals surface area contributed by atoms with Crippen molar-refractivity contribution in [3.8, 4) is 0 Å². The van der Waals surface area contributed by atoms with Gasteiger partial charge in [0.05, 0.1) is 6.10 Å². The van der Waals surface area contributed by atoms with Crippen LogP contribution in [-0.2, 0) is 4.74 Å². The Hall–Kier alpha value is -0.290. The molecule has 1 N–H and O–H groups in total. The van der Waals surface area contributed by atoms with E-state index in [0.717, 1.165) is 25.8 Å². The molecule has 0 bridgehead atoms. The van der Waals surface area contributed by atoms with Crippen LogP contribution in [0.2, 0.25) is 0 Å². The molecule has 0 aromatic carbocycles. The van der Waals surface area contributed by atoms with Gasteiger partial charge in [0.1, 0.15) is 0 Å². The monoisotopic (exact) mass is 295 g/mol. The number of likely N-dealkylation sites (N-methyl/N-ethyl adjacent to an activating group) is 1. The standard InChI is InChI=1S/C15H28F3NO/c1-3-6-12-7-8-13(19-4-2)14(11-12)20-10-5-9-15(16,17)18/h12-14,19H,3-11H2,1-2H3. The van der Waals surface area contributed by atoms with Crippen molar-refractivity contribution < 1.29 is 17.9 Å². The predicted molar refractivity (Wildman–Crippen MR) is 74.7 cm³/mol. The van der Waals surface area contributed by atoms with Gasteiger partial charge in [-0.1, -0.05) is 26.7 Å². The average Bonchev–Trinajstić information content (AvgIpc) is 2.37. The summed E-state index contributed by atoms with van der Waals surface area (Å²) in [7, 11) is 0. The zero-order valence-corrected chi connectivity index (χ0v) is 12.6. The summed E-state index contributed by atoms with van der Waals surface area (Å²) in [6, 6.07) is 0.305. The fraction of sp³-hybridized carbons (Fsp3) is 1.00. The molecule has 2 nitrogen and oxygen atoms in total. The van der Waals surface area contributed by atoms with E-state index in [9.17, 15) is 13.2 Å². The fourth-order valence-corrected chi connectivity index (χ4v) is 3.07. The van der Waals surface area contributed by atoms with Gasteiger partial charge in [-0.15, -0.1) is 0 Å². The van der Waals surface area contributed by atoms with Crippen LogP contribution in [0.3, 0.4) is 0 Å². The minimum Gasteiger partial charge on any atom is -0.377 e. The summed E-state index contributed by atoms with van der Waals surface area (Å²) in [4.78, 5) is 0. The summed E-state index contributed by atoms with van der Waals surface area (Å²) in [5.74, 6) is 0.669. The van der Waals surface area contributed by atoms with Crippen molar-refractivity contribution in [1.82, 2.24) is 5.32 Å². The van der Waals surface area contributed by atoms with Crippen molar-refractivity contribution in [1.29, 1.82) is 0 Å². The Kier molecular flexibility index (Phi) is 7.88. The summed E-state index contributed by atoms with van der Waals surface area (Å²) in [6.07, 6.45) is 0.948. The van der Waals surface area contributed by atoms with E-state index < -0.39 is 12.6 Å². The minimum atomic E-state index is -4.07. The smallest absolute Gasteiger partial charge is 0.377 e. The third-order valence-corrected chi connectivity index (χ3v) is 4.00. The maximum Gasteiger partial charge on any atom is 0.389 e. The van der Waals surface area contributed by atoms with Crippen LogP contribution in [0.1, 0.15) is 58.8 Å². The first-order valence-electron chi connectivity index (χ1n) is 7.88. The van der Waals surface area contributed by atoms with Gasteiger partial charge in [-0.2, -0.15) is 13.2 Å². The zero-order valence-electron chi connectivity index (χ0n) is 12.6. The number of ether oxygens (including phenoxy) is 1. The molecule has 120 valence electrons. The summed E-state index contributed by atoms with van der Waals surface area (Å²) >= 11 is 0. The summed E-state index contributed by atoms with van der Waals surface area (Å²) < 4.78 is 42.1. The second-order valence-corrected chi connectivity index (χ2v) is 5.76. The molecule has 0 aromatic heterocycles. The van der Waals surface area contributed by atoms with Crippen molar-refractivity contribution >= 4 is 0 Å². The highest BCUT2D eigenvalue weighted by atomic mass is 19.4. The van der Waals surface area contributed by atoms with E-state index in [4.69, 9.17) is 4.74 Å². The second-order valence-electron chi connectivity index (χ2n) is 5.76. The van der Waals surface area contributed by atoms with Crippen LogP contribution < -0.4 is 5.32 Å². The van der Waals surface area contributed by atoms with E-state index in [-0.39, 0.29) is 19.1 Å². The lowest BCUT2D eigenvalue weighted by Gasteiger charge is -2.36. The first-order valence-corrected chi connectivity index (χ1v) is 7.88. The number of rotatable bonds is 8. The molecule has 3 unspecified atom stereocenters. The van der Waals surface area contributed by atoms with Gasteiger partial charge in [0.15, 0.2) is 0 Å². The van der Waals surface area contributed by atoms with Gasteiger partial charge < -0.3 is 10.1 Å². The van der Waals surface area contributed by atoms with Crippen molar-refractivity contribution in [3.63, 3.8) is 0 Å². The van der Waals surface area contributed by atoms with Gasteiger partial charge in [0, 0.05) is 19.1 Å². The molecule has 0 heterocycles. The van der Waals surface area contributed by atoms with Gasteiger partial charge >= 0.3 is 6.18 Å². The van der Waals surface area contributed by atoms with Crippen LogP contribution in [0.4, 0.5) is 13.2 Å². The van der Waals surface area contributed by atoms with Gasteiger partial charge in [-0.3, -0.25) is 0 Å². The lowest BCUT2D eigenvalue weighted by atomic mass is 9.81. The number of nitrogens with one attached hydrogen (secondary N) is 1. The zero-order chi connectivity index (χ0) is 15.0. The molecule has 0 aromatic rings. The molecular weight excluding hydrogens is 267 g/mol. The summed E-state index contributed by atoms with van der Waals surface area (Å²) in [5, 5.41) is 3.41. The highest BCUT2D eigenvalue weighted by molar-refractivity contribution is 4.85. The molecule has 20 heavy (non-hydrogen) atoms. The third kappa shape index (κ3) is 6.93. The Morgan fingerprint density at radius 1 is 1.20 bits per heavy atom. The number of hydrogen-bond acceptors (Lipinski definition) is 2. The third-order valence-electron chi connectivity index (χ3n) is 4.00. The Labute approximate surface area is 120 Å². The molecule has 1 aliphatic carbocycles. The normalized spacial score (nSPS) is 27.8. The maximum absolute atomic E-state index is 12.1. The van der Waals surface area contributed by atoms with Crippen LogP contribution in [0, 0.1) is 5.92 Å². The summed E-state index contributed by atoms with van der Waals surface area (Å²) in [6.45, 7) is 5.32. The Bertz CT molecular complexity index is 258. The molecule has 0 amide bonds. The van der Waals surface area contributed by atoms with Crippen LogP contribution in [0.15, 0.2) is 0 Å². The average molecular weight is 295 g/mol. The molecule has 0 saturated heterocycles. The topological polar surface area (TPSA) is 21.3 Å². The SMILES string of the molecule is CCCC1CCC(NCC)C(OCCCC(F)(F)F)C1. The van der Waals surface area contributed by atoms with E-state index in [1.807, 2.05) is 0 Å². The van der Waals surface area contributed by atoms with Crippen molar-refractivity contribution in [2.45, 2.75) is 77.1 Å². The minimum absolute atomic E-state index is 0.0668. The molecule has 0 aliphatic heterocycles. The van der Waals surface area contributed by atoms with Gasteiger partial charge in [0.25, 0.3) is 0 Å². The Balaban J connectivity index is 2.35. The Morgan fingerprint density at radius 2 is 1.95 bits per heavy atom. The maximum atomic E-state index is 12.1. The predicted octanol–water partition coefficient (Wildman–Crippen LogP) is 4.29. The summed E-state index contributed by atoms with van der Waals surface area (Å²) in [5.41, 5.74) is 0. The van der Waals surface area contributed by atoms with E-state index in [2.05, 4.69) is 19.2 Å². The molecule has 1 aliphatic rings. The molecule has 0 radical (unpaired) electrons. The molecule has 1 fully saturated rings. The first kappa shape index (κ1) is 17.8. The van der Waals surface area contributed by atoms with Crippen molar-refractivity contribution in [2.75, 3.05) is 13.2 Å². The van der Waals surface area contributed by atoms with E-state index in [1.165, 1.54) is 12.8 Å². The van der Waals surface area contributed by atoms with E-state index in [1.54, 1.807) is 0 Å². The molecular formula is C15H28F3NO. The molecule has 1 rings (SSSR count). The largest absolute Gasteiger partial charge is 0.389 e. The lowest BCUT2D eigenvalue weighted by Crippen LogP contribution is -2.45. The van der Waals surface area contributed by atoms with Crippen molar-refractivity contribution in [2.24, 2.45) is 5.92 Å². The fourth-order valence-electron chi connectivity index (χ4n) is 3.07. The number of alkyl halides is 3. The quantitative estimate of drug-likeness (QED) is 0.674. The molecule has 3 atom stereocenters. The molecule has 5 heteroatoms. The number of halogens is 3. The first-order chi connectivity index (χ1) is 9.46. The van der Waals surface area contributed by atoms with Gasteiger partial charge in [0.2, 0.25) is 0 Å². The van der Waals surface area contributed by atoms with Crippen LogP contribution in [-0.4, -0.2) is 31.5 Å². The Morgan fingerprint density at radius 3 is 2.55 bits per heavy atom. The lowest BCUT2D eigenvalue weighted by molar-refractivity contribution is -0.139. The second kappa shape index (κ2) is 8.88. The highest BCUT2D eigenvalue weighted by Gasteiger charge is 2.31. The van der Waals surface area contributed by atoms with Gasteiger partial charge in [-0.25, -0.2) is 0 Å². The van der Waals surface area contributed by atoms with Crippen LogP contribution in [0.25, 0.3) is 0 Å². The van der Waals surface area contributed by atoms with Crippen molar-refractivity contribution in [3.05, 3.63) is 0 Å². The van der Waals surface area contributed by atoms with E-state index in [0.29, 0.717) is 12.0 Å². The number of hydrogen-bond donors (Lipinski definition) is 1. The molecule has 1 saturated carbocycles. The highest BCUT2D eigenvalue weighted by Crippen LogP contribution is 2.30. The molecule has 0 spiro atoms. The van der Waals surface area contributed by atoms with Gasteiger partial charge in [-0.05, 0) is 38.1 Å². The van der Waals surface area contributed by atoms with Crippen LogP contribution in [0.5, 0.6) is 0 Å².